The second-order valence-corrected chi connectivity index (χ2v) is 8.41. The normalized spacial score (nSPS) is 15.9. The Hall–Kier alpha value is -2.69. The van der Waals surface area contributed by atoms with Crippen molar-refractivity contribution in [3.05, 3.63) is 40.3 Å². The monoisotopic (exact) mass is 404 g/mol. The van der Waals surface area contributed by atoms with Crippen LogP contribution < -0.4 is 10.4 Å². The van der Waals surface area contributed by atoms with Gasteiger partial charge in [0.2, 0.25) is 0 Å². The number of fused-ring (bicyclic) bond motifs is 3. The number of pyridine rings is 1. The summed E-state index contributed by atoms with van der Waals surface area (Å²) in [5.41, 5.74) is 0.387. The van der Waals surface area contributed by atoms with Crippen molar-refractivity contribution in [1.82, 2.24) is 19.8 Å². The molecule has 10 heteroatoms. The highest BCUT2D eigenvalue weighted by molar-refractivity contribution is 7.89. The van der Waals surface area contributed by atoms with Gasteiger partial charge in [0.1, 0.15) is 5.52 Å². The van der Waals surface area contributed by atoms with Gasteiger partial charge < -0.3 is 14.7 Å². The average Bonchev–Trinajstić information content (AvgIpc) is 3.14. The number of H-pyrrole nitrogens is 2. The first-order valence-corrected chi connectivity index (χ1v) is 10.4. The third-order valence-corrected chi connectivity index (χ3v) is 6.31. The van der Waals surface area contributed by atoms with Gasteiger partial charge in [-0.1, -0.05) is 6.42 Å². The summed E-state index contributed by atoms with van der Waals surface area (Å²) >= 11 is 0. The number of benzene rings is 1. The van der Waals surface area contributed by atoms with E-state index in [9.17, 15) is 18.0 Å². The van der Waals surface area contributed by atoms with Crippen LogP contribution in [0.15, 0.2) is 34.1 Å². The fourth-order valence-electron chi connectivity index (χ4n) is 3.55. The lowest BCUT2D eigenvalue weighted by Crippen LogP contribution is -2.44. The molecule has 28 heavy (non-hydrogen) atoms. The summed E-state index contributed by atoms with van der Waals surface area (Å²) in [4.78, 5) is 32.5. The average molecular weight is 404 g/mol. The maximum absolute atomic E-state index is 12.8. The number of nitrogens with zero attached hydrogens (tertiary/aromatic N) is 1. The molecule has 0 saturated carbocycles. The van der Waals surface area contributed by atoms with Crippen molar-refractivity contribution in [2.75, 3.05) is 20.2 Å². The summed E-state index contributed by atoms with van der Waals surface area (Å²) in [6.07, 6.45) is 4.35. The van der Waals surface area contributed by atoms with E-state index in [0.717, 1.165) is 19.3 Å². The molecule has 1 aliphatic rings. The Bertz CT molecular complexity index is 1220. The van der Waals surface area contributed by atoms with Gasteiger partial charge in [-0.15, -0.1) is 4.83 Å². The van der Waals surface area contributed by atoms with Crippen LogP contribution in [0.1, 0.15) is 29.6 Å². The number of carbonyl (C=O) groups excluding carboxylic acids is 1. The van der Waals surface area contributed by atoms with Crippen LogP contribution in [0.4, 0.5) is 0 Å². The number of aromatic amines is 2. The molecule has 0 bridgehead atoms. The van der Waals surface area contributed by atoms with Crippen molar-refractivity contribution in [1.29, 1.82) is 0 Å². The summed E-state index contributed by atoms with van der Waals surface area (Å²) in [6.45, 7) is 1.32. The van der Waals surface area contributed by atoms with E-state index in [2.05, 4.69) is 14.8 Å². The Balaban J connectivity index is 1.86. The smallest absolute Gasteiger partial charge is 0.340 e. The van der Waals surface area contributed by atoms with E-state index in [0.29, 0.717) is 29.4 Å². The van der Waals surface area contributed by atoms with Gasteiger partial charge in [-0.25, -0.2) is 18.2 Å². The van der Waals surface area contributed by atoms with Crippen LogP contribution in [0.5, 0.6) is 0 Å². The third kappa shape index (κ3) is 3.19. The number of esters is 1. The molecule has 1 aromatic carbocycles. The number of rotatable bonds is 4. The number of ether oxygens (including phenoxy) is 1. The number of hydrazine groups is 1. The quantitative estimate of drug-likeness (QED) is 0.566. The largest absolute Gasteiger partial charge is 0.465 e. The topological polar surface area (TPSA) is 124 Å². The minimum Gasteiger partial charge on any atom is -0.465 e. The van der Waals surface area contributed by atoms with Gasteiger partial charge in [0.15, 0.2) is 0 Å². The van der Waals surface area contributed by atoms with E-state index in [1.54, 1.807) is 5.01 Å². The fourth-order valence-corrected chi connectivity index (χ4v) is 4.70. The predicted octanol–water partition coefficient (Wildman–Crippen LogP) is 1.48. The lowest BCUT2D eigenvalue weighted by atomic mass is 10.1. The first-order chi connectivity index (χ1) is 13.4. The van der Waals surface area contributed by atoms with Crippen LogP contribution in [0.2, 0.25) is 0 Å². The highest BCUT2D eigenvalue weighted by atomic mass is 32.2. The van der Waals surface area contributed by atoms with E-state index in [1.807, 2.05) is 0 Å². The molecular weight excluding hydrogens is 384 g/mol. The second-order valence-electron chi connectivity index (χ2n) is 6.75. The standard InChI is InChI=1S/C18H20N4O5S/c1-27-18(24)13-10-19-16-15(13)12-9-11(5-6-14(12)20-17(16)23)28(25,26)21-22-7-3-2-4-8-22/h5-6,9-10,19,21H,2-4,7-8H2,1H3,(H,20,23). The minimum absolute atomic E-state index is 0.0518. The highest BCUT2D eigenvalue weighted by Gasteiger charge is 2.22. The Labute approximate surface area is 160 Å². The Morgan fingerprint density at radius 1 is 1.21 bits per heavy atom. The number of methoxy groups -OCH3 is 1. The van der Waals surface area contributed by atoms with Gasteiger partial charge in [-0.2, -0.15) is 0 Å². The molecule has 3 heterocycles. The SMILES string of the molecule is COC(=O)c1c[nH]c2c(=O)[nH]c3ccc(S(=O)(=O)NN4CCCCC4)cc3c12. The minimum atomic E-state index is -3.79. The molecule has 1 saturated heterocycles. The lowest BCUT2D eigenvalue weighted by Gasteiger charge is -2.26. The molecule has 0 spiro atoms. The summed E-state index contributed by atoms with van der Waals surface area (Å²) in [6, 6.07) is 4.41. The maximum atomic E-state index is 12.8. The van der Waals surface area contributed by atoms with Crippen LogP contribution in [-0.2, 0) is 14.8 Å². The molecule has 148 valence electrons. The van der Waals surface area contributed by atoms with Crippen LogP contribution in [0.25, 0.3) is 21.8 Å². The van der Waals surface area contributed by atoms with E-state index in [4.69, 9.17) is 4.74 Å². The van der Waals surface area contributed by atoms with Crippen molar-refractivity contribution in [2.45, 2.75) is 24.2 Å². The number of nitrogens with one attached hydrogen (secondary N) is 3. The van der Waals surface area contributed by atoms with E-state index >= 15 is 0 Å². The molecule has 0 unspecified atom stereocenters. The fraction of sp³-hybridized carbons (Fsp3) is 0.333. The van der Waals surface area contributed by atoms with Crippen LogP contribution in [0, 0.1) is 0 Å². The molecule has 0 aliphatic carbocycles. The number of aromatic nitrogens is 2. The molecule has 4 rings (SSSR count). The van der Waals surface area contributed by atoms with Gasteiger partial charge in [0.25, 0.3) is 15.6 Å². The zero-order chi connectivity index (χ0) is 19.9. The molecule has 9 nitrogen and oxygen atoms in total. The number of carbonyl (C=O) groups is 1. The Morgan fingerprint density at radius 3 is 2.68 bits per heavy atom. The van der Waals surface area contributed by atoms with E-state index in [-0.39, 0.29) is 16.0 Å². The first-order valence-electron chi connectivity index (χ1n) is 8.93. The molecule has 0 radical (unpaired) electrons. The van der Waals surface area contributed by atoms with E-state index in [1.165, 1.54) is 31.5 Å². The molecule has 2 aromatic heterocycles. The van der Waals surface area contributed by atoms with Gasteiger partial charge in [-0.05, 0) is 31.0 Å². The van der Waals surface area contributed by atoms with Crippen LogP contribution in [0.3, 0.4) is 0 Å². The molecule has 1 fully saturated rings. The zero-order valence-corrected chi connectivity index (χ0v) is 16.1. The molecule has 1 aliphatic heterocycles. The van der Waals surface area contributed by atoms with Gasteiger partial charge in [0, 0.05) is 35.6 Å². The molecular formula is C18H20N4O5S. The third-order valence-electron chi connectivity index (χ3n) is 4.94. The first kappa shape index (κ1) is 18.7. The zero-order valence-electron chi connectivity index (χ0n) is 15.2. The van der Waals surface area contributed by atoms with Gasteiger partial charge >= 0.3 is 5.97 Å². The van der Waals surface area contributed by atoms with Crippen molar-refractivity contribution in [3.8, 4) is 0 Å². The highest BCUT2D eigenvalue weighted by Crippen LogP contribution is 2.27. The van der Waals surface area contributed by atoms with Crippen molar-refractivity contribution in [3.63, 3.8) is 0 Å². The summed E-state index contributed by atoms with van der Waals surface area (Å²) < 4.78 is 30.5. The summed E-state index contributed by atoms with van der Waals surface area (Å²) in [5, 5.41) is 2.47. The van der Waals surface area contributed by atoms with Crippen LogP contribution >= 0.6 is 0 Å². The van der Waals surface area contributed by atoms with Gasteiger partial charge in [-0.3, -0.25) is 4.79 Å². The molecule has 3 aromatic rings. The molecule has 0 amide bonds. The number of hydrogen-bond acceptors (Lipinski definition) is 6. The second kappa shape index (κ2) is 7.04. The molecule has 0 atom stereocenters. The van der Waals surface area contributed by atoms with Gasteiger partial charge in [0.05, 0.1) is 17.6 Å². The predicted molar refractivity (Wildman–Crippen MR) is 104 cm³/mol. The number of piperidine rings is 1. The van der Waals surface area contributed by atoms with Crippen molar-refractivity contribution >= 4 is 37.8 Å². The summed E-state index contributed by atoms with van der Waals surface area (Å²) in [5.74, 6) is -0.613. The lowest BCUT2D eigenvalue weighted by molar-refractivity contribution is 0.0603. The van der Waals surface area contributed by atoms with Crippen molar-refractivity contribution < 1.29 is 17.9 Å². The number of sulfonamides is 1. The maximum Gasteiger partial charge on any atom is 0.340 e. The Kier molecular flexibility index (Phi) is 4.69. The van der Waals surface area contributed by atoms with E-state index < -0.39 is 21.6 Å². The number of hydrogen-bond donors (Lipinski definition) is 3. The summed E-state index contributed by atoms with van der Waals surface area (Å²) in [7, 11) is -2.55. The molecule has 3 N–H and O–H groups in total. The Morgan fingerprint density at radius 2 is 1.96 bits per heavy atom. The van der Waals surface area contributed by atoms with Crippen molar-refractivity contribution in [2.24, 2.45) is 0 Å². The van der Waals surface area contributed by atoms with Crippen LogP contribution in [-0.4, -0.2) is 49.6 Å².